The molecule has 0 aromatic heterocycles. The Bertz CT molecular complexity index is 349. The number of nitrogens with two attached hydrogens (primary N) is 1. The smallest absolute Gasteiger partial charge is 0.243 e. The second-order valence-corrected chi connectivity index (χ2v) is 2.99. The molecule has 0 unspecified atom stereocenters. The fourth-order valence-electron chi connectivity index (χ4n) is 1.34. The molecule has 0 aliphatic carbocycles. The van der Waals surface area contributed by atoms with Crippen LogP contribution in [0.2, 0.25) is 0 Å². The summed E-state index contributed by atoms with van der Waals surface area (Å²) in [6, 6.07) is 5.72. The summed E-state index contributed by atoms with van der Waals surface area (Å²) in [5, 5.41) is 5.79. The number of carbonyl (C=O) groups excluding carboxylic acids is 1. The van der Waals surface area contributed by atoms with Gasteiger partial charge in [-0.2, -0.15) is 0 Å². The van der Waals surface area contributed by atoms with Crippen molar-refractivity contribution in [3.05, 3.63) is 23.8 Å². The molecule has 0 saturated carbocycles. The summed E-state index contributed by atoms with van der Waals surface area (Å²) in [6.07, 6.45) is 0. The van der Waals surface area contributed by atoms with Crippen molar-refractivity contribution in [2.75, 3.05) is 17.2 Å². The largest absolute Gasteiger partial charge is 0.374 e. The summed E-state index contributed by atoms with van der Waals surface area (Å²) in [4.78, 5) is 11.0. The van der Waals surface area contributed by atoms with Gasteiger partial charge in [0.15, 0.2) is 0 Å². The maximum Gasteiger partial charge on any atom is 0.243 e. The number of nitrogens with one attached hydrogen (secondary N) is 2. The SMILES string of the molecule is NCc1ccc2c(c1)NCC(=O)N2. The Kier molecular flexibility index (Phi) is 1.90. The second kappa shape index (κ2) is 3.06. The van der Waals surface area contributed by atoms with E-state index in [1.54, 1.807) is 0 Å². The molecule has 0 atom stereocenters. The van der Waals surface area contributed by atoms with Gasteiger partial charge in [-0.1, -0.05) is 6.07 Å². The van der Waals surface area contributed by atoms with Gasteiger partial charge >= 0.3 is 0 Å². The van der Waals surface area contributed by atoms with Crippen molar-refractivity contribution in [1.82, 2.24) is 0 Å². The van der Waals surface area contributed by atoms with E-state index in [1.165, 1.54) is 0 Å². The first-order valence-electron chi connectivity index (χ1n) is 4.16. The highest BCUT2D eigenvalue weighted by Gasteiger charge is 2.13. The third-order valence-electron chi connectivity index (χ3n) is 2.03. The average molecular weight is 177 g/mol. The van der Waals surface area contributed by atoms with Crippen LogP contribution in [0.3, 0.4) is 0 Å². The van der Waals surface area contributed by atoms with Crippen LogP contribution < -0.4 is 16.4 Å². The minimum Gasteiger partial charge on any atom is -0.374 e. The molecule has 1 aliphatic heterocycles. The highest BCUT2D eigenvalue weighted by atomic mass is 16.2. The van der Waals surface area contributed by atoms with Crippen molar-refractivity contribution in [3.63, 3.8) is 0 Å². The van der Waals surface area contributed by atoms with Gasteiger partial charge in [0, 0.05) is 6.54 Å². The van der Waals surface area contributed by atoms with Gasteiger partial charge in [-0.3, -0.25) is 4.79 Å². The van der Waals surface area contributed by atoms with Crippen LogP contribution in [0.4, 0.5) is 11.4 Å². The molecule has 1 heterocycles. The minimum absolute atomic E-state index is 0.00648. The van der Waals surface area contributed by atoms with E-state index in [1.807, 2.05) is 18.2 Å². The topological polar surface area (TPSA) is 67.1 Å². The van der Waals surface area contributed by atoms with Crippen LogP contribution in [-0.4, -0.2) is 12.5 Å². The van der Waals surface area contributed by atoms with Crippen molar-refractivity contribution in [3.8, 4) is 0 Å². The number of anilines is 2. The summed E-state index contributed by atoms with van der Waals surface area (Å²) < 4.78 is 0. The van der Waals surface area contributed by atoms with Gasteiger partial charge in [0.1, 0.15) is 0 Å². The number of rotatable bonds is 1. The number of benzene rings is 1. The maximum atomic E-state index is 11.0. The number of hydrogen-bond acceptors (Lipinski definition) is 3. The van der Waals surface area contributed by atoms with Gasteiger partial charge in [-0.25, -0.2) is 0 Å². The molecule has 13 heavy (non-hydrogen) atoms. The number of amides is 1. The Morgan fingerprint density at radius 2 is 2.23 bits per heavy atom. The van der Waals surface area contributed by atoms with E-state index in [0.29, 0.717) is 13.1 Å². The maximum absolute atomic E-state index is 11.0. The molecule has 0 saturated heterocycles. The molecule has 4 heteroatoms. The Morgan fingerprint density at radius 3 is 3.00 bits per heavy atom. The van der Waals surface area contributed by atoms with Crippen molar-refractivity contribution in [1.29, 1.82) is 0 Å². The second-order valence-electron chi connectivity index (χ2n) is 2.99. The van der Waals surface area contributed by atoms with E-state index >= 15 is 0 Å². The first kappa shape index (κ1) is 8.07. The average Bonchev–Trinajstić information content (AvgIpc) is 2.17. The molecule has 0 spiro atoms. The van der Waals surface area contributed by atoms with E-state index < -0.39 is 0 Å². The van der Waals surface area contributed by atoms with E-state index in [-0.39, 0.29) is 5.91 Å². The summed E-state index contributed by atoms with van der Waals surface area (Å²) in [5.41, 5.74) is 8.33. The van der Waals surface area contributed by atoms with E-state index in [0.717, 1.165) is 16.9 Å². The van der Waals surface area contributed by atoms with Gasteiger partial charge in [0.25, 0.3) is 0 Å². The Hall–Kier alpha value is -1.55. The predicted molar refractivity (Wildman–Crippen MR) is 51.5 cm³/mol. The Morgan fingerprint density at radius 1 is 1.38 bits per heavy atom. The molecular formula is C9H11N3O. The fraction of sp³-hybridized carbons (Fsp3) is 0.222. The standard InChI is InChI=1S/C9H11N3O/c10-4-6-1-2-7-8(3-6)11-5-9(13)12-7/h1-3,11H,4-5,10H2,(H,12,13). The number of carbonyl (C=O) groups is 1. The van der Waals surface area contributed by atoms with Crippen LogP contribution in [0.15, 0.2) is 18.2 Å². The van der Waals surface area contributed by atoms with Gasteiger partial charge in [-0.05, 0) is 17.7 Å². The lowest BCUT2D eigenvalue weighted by atomic mass is 10.1. The monoisotopic (exact) mass is 177 g/mol. The molecule has 0 bridgehead atoms. The van der Waals surface area contributed by atoms with Crippen LogP contribution in [-0.2, 0) is 11.3 Å². The highest BCUT2D eigenvalue weighted by Crippen LogP contribution is 2.25. The first-order chi connectivity index (χ1) is 6.29. The van der Waals surface area contributed by atoms with Gasteiger partial charge in [0.05, 0.1) is 17.9 Å². The zero-order valence-electron chi connectivity index (χ0n) is 7.13. The van der Waals surface area contributed by atoms with E-state index in [4.69, 9.17) is 5.73 Å². The zero-order valence-corrected chi connectivity index (χ0v) is 7.13. The van der Waals surface area contributed by atoms with E-state index in [9.17, 15) is 4.79 Å². The molecule has 1 amide bonds. The molecular weight excluding hydrogens is 166 g/mol. The summed E-state index contributed by atoms with van der Waals surface area (Å²) in [7, 11) is 0. The first-order valence-corrected chi connectivity index (χ1v) is 4.16. The third kappa shape index (κ3) is 1.48. The predicted octanol–water partition coefficient (Wildman–Crippen LogP) is 0.509. The van der Waals surface area contributed by atoms with Gasteiger partial charge < -0.3 is 16.4 Å². The van der Waals surface area contributed by atoms with E-state index in [2.05, 4.69) is 10.6 Å². The molecule has 68 valence electrons. The number of fused-ring (bicyclic) bond motifs is 1. The minimum atomic E-state index is -0.00648. The lowest BCUT2D eigenvalue weighted by molar-refractivity contribution is -0.114. The molecule has 4 N–H and O–H groups in total. The van der Waals surface area contributed by atoms with Crippen LogP contribution in [0.25, 0.3) is 0 Å². The Balaban J connectivity index is 2.36. The van der Waals surface area contributed by atoms with Crippen LogP contribution in [0.5, 0.6) is 0 Å². The third-order valence-corrected chi connectivity index (χ3v) is 2.03. The molecule has 4 nitrogen and oxygen atoms in total. The molecule has 0 radical (unpaired) electrons. The van der Waals surface area contributed by atoms with Crippen LogP contribution >= 0.6 is 0 Å². The molecule has 1 aliphatic rings. The van der Waals surface area contributed by atoms with Crippen molar-refractivity contribution < 1.29 is 4.79 Å². The number of hydrogen-bond donors (Lipinski definition) is 3. The molecule has 0 fully saturated rings. The molecule has 1 aromatic rings. The van der Waals surface area contributed by atoms with Crippen LogP contribution in [0.1, 0.15) is 5.56 Å². The normalized spacial score (nSPS) is 14.4. The fourth-order valence-corrected chi connectivity index (χ4v) is 1.34. The van der Waals surface area contributed by atoms with Crippen molar-refractivity contribution >= 4 is 17.3 Å². The highest BCUT2D eigenvalue weighted by molar-refractivity contribution is 6.00. The molecule has 1 aromatic carbocycles. The van der Waals surface area contributed by atoms with Crippen molar-refractivity contribution in [2.24, 2.45) is 5.73 Å². The van der Waals surface area contributed by atoms with Crippen molar-refractivity contribution in [2.45, 2.75) is 6.54 Å². The summed E-state index contributed by atoms with van der Waals surface area (Å²) in [5.74, 6) is -0.00648. The lowest BCUT2D eigenvalue weighted by Crippen LogP contribution is -2.27. The Labute approximate surface area is 76.1 Å². The molecule has 2 rings (SSSR count). The quantitative estimate of drug-likeness (QED) is 0.585. The lowest BCUT2D eigenvalue weighted by Gasteiger charge is -2.18. The van der Waals surface area contributed by atoms with Crippen LogP contribution in [0, 0.1) is 0 Å². The van der Waals surface area contributed by atoms with Gasteiger partial charge in [0.2, 0.25) is 5.91 Å². The van der Waals surface area contributed by atoms with Gasteiger partial charge in [-0.15, -0.1) is 0 Å². The summed E-state index contributed by atoms with van der Waals surface area (Å²) >= 11 is 0. The summed E-state index contributed by atoms with van der Waals surface area (Å²) in [6.45, 7) is 0.851. The zero-order chi connectivity index (χ0) is 9.26.